The third-order valence-corrected chi connectivity index (χ3v) is 3.07. The van der Waals surface area contributed by atoms with E-state index >= 15 is 0 Å². The van der Waals surface area contributed by atoms with Gasteiger partial charge in [0.15, 0.2) is 0 Å². The molecule has 0 atom stereocenters. The predicted molar refractivity (Wildman–Crippen MR) is 76.1 cm³/mol. The molecular weight excluding hydrogens is 244 g/mol. The fourth-order valence-electron chi connectivity index (χ4n) is 2.02. The van der Waals surface area contributed by atoms with E-state index in [9.17, 15) is 0 Å². The maximum absolute atomic E-state index is 6.06. The summed E-state index contributed by atoms with van der Waals surface area (Å²) in [5, 5.41) is 0.291. The molecule has 3 rings (SSSR count). The first-order chi connectivity index (χ1) is 8.83. The van der Waals surface area contributed by atoms with Crippen molar-refractivity contribution in [3.05, 3.63) is 65.7 Å². The molecule has 0 aromatic heterocycles. The van der Waals surface area contributed by atoms with Crippen molar-refractivity contribution in [2.45, 2.75) is 6.42 Å². The molecule has 0 saturated heterocycles. The van der Waals surface area contributed by atoms with E-state index in [0.717, 1.165) is 28.9 Å². The summed E-state index contributed by atoms with van der Waals surface area (Å²) < 4.78 is 0. The maximum atomic E-state index is 6.06. The lowest BCUT2D eigenvalue weighted by Gasteiger charge is -2.05. The third kappa shape index (κ3) is 2.20. The Balaban J connectivity index is 2.08. The van der Waals surface area contributed by atoms with Crippen LogP contribution in [0.25, 0.3) is 0 Å². The van der Waals surface area contributed by atoms with Gasteiger partial charge >= 0.3 is 0 Å². The Morgan fingerprint density at radius 3 is 2.39 bits per heavy atom. The molecule has 0 unspecified atom stereocenters. The van der Waals surface area contributed by atoms with E-state index < -0.39 is 0 Å². The van der Waals surface area contributed by atoms with Crippen LogP contribution in [0.1, 0.15) is 11.1 Å². The van der Waals surface area contributed by atoms with Crippen molar-refractivity contribution >= 4 is 28.3 Å². The lowest BCUT2D eigenvalue weighted by molar-refractivity contribution is 1.31. The second-order valence-corrected chi connectivity index (χ2v) is 4.45. The summed E-state index contributed by atoms with van der Waals surface area (Å²) in [5.74, 6) is 0. The van der Waals surface area contributed by atoms with E-state index in [4.69, 9.17) is 11.6 Å². The highest BCUT2D eigenvalue weighted by Crippen LogP contribution is 2.24. The Morgan fingerprint density at radius 2 is 1.56 bits per heavy atom. The highest BCUT2D eigenvalue weighted by molar-refractivity contribution is 6.66. The van der Waals surface area contributed by atoms with Gasteiger partial charge < -0.3 is 0 Å². The molecule has 1 aliphatic heterocycles. The fraction of sp³-hybridized carbons (Fsp3) is 0.0667. The van der Waals surface area contributed by atoms with Gasteiger partial charge in [-0.3, -0.25) is 0 Å². The molecule has 1 heterocycles. The molecule has 0 N–H and O–H groups in total. The molecule has 3 heteroatoms. The van der Waals surface area contributed by atoms with Gasteiger partial charge in [0, 0.05) is 6.42 Å². The van der Waals surface area contributed by atoms with Crippen molar-refractivity contribution in [1.29, 1.82) is 0 Å². The minimum Gasteiger partial charge on any atom is -0.222 e. The lowest BCUT2D eigenvalue weighted by atomic mass is 10.0. The first-order valence-electron chi connectivity index (χ1n) is 5.78. The molecule has 2 aromatic rings. The van der Waals surface area contributed by atoms with E-state index in [1.54, 1.807) is 0 Å². The molecular formula is C15H11ClN2. The van der Waals surface area contributed by atoms with Gasteiger partial charge in [0.1, 0.15) is 0 Å². The molecule has 0 radical (unpaired) electrons. The van der Waals surface area contributed by atoms with Crippen molar-refractivity contribution in [2.75, 3.05) is 0 Å². The number of fused-ring (bicyclic) bond motifs is 1. The van der Waals surface area contributed by atoms with Gasteiger partial charge in [0.05, 0.1) is 11.4 Å². The van der Waals surface area contributed by atoms with Crippen molar-refractivity contribution in [2.24, 2.45) is 9.98 Å². The zero-order valence-corrected chi connectivity index (χ0v) is 10.4. The number of amidine groups is 1. The molecule has 2 aromatic carbocycles. The van der Waals surface area contributed by atoms with Gasteiger partial charge in [-0.25, -0.2) is 9.98 Å². The SMILES string of the molecule is ClC1=Nc2ccccc2CC(c2ccccc2)=N1. The number of halogens is 1. The average Bonchev–Trinajstić information content (AvgIpc) is 2.57. The van der Waals surface area contributed by atoms with Gasteiger partial charge in [0.25, 0.3) is 0 Å². The van der Waals surface area contributed by atoms with Crippen LogP contribution >= 0.6 is 11.6 Å². The van der Waals surface area contributed by atoms with Crippen molar-refractivity contribution in [3.8, 4) is 0 Å². The number of rotatable bonds is 1. The van der Waals surface area contributed by atoms with Gasteiger partial charge in [-0.05, 0) is 28.8 Å². The van der Waals surface area contributed by atoms with E-state index in [0.29, 0.717) is 5.29 Å². The monoisotopic (exact) mass is 254 g/mol. The van der Waals surface area contributed by atoms with Crippen molar-refractivity contribution in [3.63, 3.8) is 0 Å². The van der Waals surface area contributed by atoms with Crippen LogP contribution in [0.5, 0.6) is 0 Å². The van der Waals surface area contributed by atoms with Crippen LogP contribution < -0.4 is 0 Å². The Bertz CT molecular complexity index is 630. The molecule has 0 bridgehead atoms. The Morgan fingerprint density at radius 1 is 0.833 bits per heavy atom. The fourth-order valence-corrected chi connectivity index (χ4v) is 2.22. The largest absolute Gasteiger partial charge is 0.223 e. The number of benzene rings is 2. The average molecular weight is 255 g/mol. The highest BCUT2D eigenvalue weighted by atomic mass is 35.5. The van der Waals surface area contributed by atoms with Gasteiger partial charge in [0.2, 0.25) is 5.29 Å². The van der Waals surface area contributed by atoms with Crippen LogP contribution in [0.15, 0.2) is 64.6 Å². The molecule has 88 valence electrons. The first-order valence-corrected chi connectivity index (χ1v) is 6.16. The first kappa shape index (κ1) is 11.2. The van der Waals surface area contributed by atoms with Crippen LogP contribution in [0.4, 0.5) is 5.69 Å². The zero-order valence-electron chi connectivity index (χ0n) is 9.68. The molecule has 2 nitrogen and oxygen atoms in total. The molecule has 0 amide bonds. The molecule has 0 fully saturated rings. The number of hydrogen-bond donors (Lipinski definition) is 0. The maximum Gasteiger partial charge on any atom is 0.223 e. The molecule has 0 saturated carbocycles. The standard InChI is InChI=1S/C15H11ClN2/c16-15-17-13-9-5-4-8-12(13)10-14(18-15)11-6-2-1-3-7-11/h1-9H,10H2. The molecule has 1 aliphatic rings. The summed E-state index contributed by atoms with van der Waals surface area (Å²) >= 11 is 6.06. The lowest BCUT2D eigenvalue weighted by Crippen LogP contribution is -2.05. The highest BCUT2D eigenvalue weighted by Gasteiger charge is 2.12. The van der Waals surface area contributed by atoms with Gasteiger partial charge in [-0.2, -0.15) is 0 Å². The van der Waals surface area contributed by atoms with E-state index in [1.807, 2.05) is 48.5 Å². The second-order valence-electron chi connectivity index (χ2n) is 4.11. The number of para-hydroxylation sites is 1. The van der Waals surface area contributed by atoms with Crippen molar-refractivity contribution in [1.82, 2.24) is 0 Å². The smallest absolute Gasteiger partial charge is 0.222 e. The number of nitrogens with zero attached hydrogens (tertiary/aromatic N) is 2. The van der Waals surface area contributed by atoms with Crippen LogP contribution in [0.2, 0.25) is 0 Å². The van der Waals surface area contributed by atoms with Gasteiger partial charge in [-0.15, -0.1) is 0 Å². The summed E-state index contributed by atoms with van der Waals surface area (Å²) in [6, 6.07) is 18.1. The van der Waals surface area contributed by atoms with Gasteiger partial charge in [-0.1, -0.05) is 48.5 Å². The summed E-state index contributed by atoms with van der Waals surface area (Å²) in [6.45, 7) is 0. The predicted octanol–water partition coefficient (Wildman–Crippen LogP) is 3.96. The zero-order chi connectivity index (χ0) is 12.4. The summed E-state index contributed by atoms with van der Waals surface area (Å²) in [7, 11) is 0. The van der Waals surface area contributed by atoms with Crippen LogP contribution in [-0.4, -0.2) is 11.0 Å². The number of aliphatic imine (C=N–C) groups is 2. The second kappa shape index (κ2) is 4.75. The normalized spacial score (nSPS) is 14.3. The Kier molecular flexibility index (Phi) is 2.95. The quantitative estimate of drug-likeness (QED) is 0.689. The van der Waals surface area contributed by atoms with E-state index in [-0.39, 0.29) is 0 Å². The van der Waals surface area contributed by atoms with Crippen LogP contribution in [-0.2, 0) is 6.42 Å². The van der Waals surface area contributed by atoms with Crippen LogP contribution in [0.3, 0.4) is 0 Å². The number of hydrogen-bond acceptors (Lipinski definition) is 2. The van der Waals surface area contributed by atoms with Crippen LogP contribution in [0, 0.1) is 0 Å². The Labute approximate surface area is 111 Å². The minimum atomic E-state index is 0.291. The minimum absolute atomic E-state index is 0.291. The summed E-state index contributed by atoms with van der Waals surface area (Å²) in [6.07, 6.45) is 0.750. The van der Waals surface area contributed by atoms with E-state index in [1.165, 1.54) is 0 Å². The van der Waals surface area contributed by atoms with E-state index in [2.05, 4.69) is 16.1 Å². The third-order valence-electron chi connectivity index (χ3n) is 2.90. The molecule has 18 heavy (non-hydrogen) atoms. The Hall–Kier alpha value is -1.93. The van der Waals surface area contributed by atoms with Crippen molar-refractivity contribution < 1.29 is 0 Å². The molecule has 0 aliphatic carbocycles. The topological polar surface area (TPSA) is 24.7 Å². The summed E-state index contributed by atoms with van der Waals surface area (Å²) in [4.78, 5) is 8.70. The summed E-state index contributed by atoms with van der Waals surface area (Å²) in [5.41, 5.74) is 4.09. The molecule has 0 spiro atoms.